The second kappa shape index (κ2) is 30.1. The number of rotatable bonds is 28. The Balaban J connectivity index is 1.06. The SMILES string of the molecule is c1ccc(COC[C@H]2O[C@@H](OCc3ccccc3)[C@H](OCc3ccccc3)[C@@H](O[C@@H]3O[C@H](COCc4ccccc4)[C@@H](OCc4ccccc4)[C@H](OCc4ccccc4)[C@@H]3OCc3ccccc3)[C@H]2OCc2ccccc2)cc1. The van der Waals surface area contributed by atoms with E-state index in [1.807, 2.05) is 243 Å². The van der Waals surface area contributed by atoms with Crippen LogP contribution in [0.1, 0.15) is 44.5 Å². The zero-order chi connectivity index (χ0) is 53.5. The molecule has 0 radical (unpaired) electrons. The molecule has 2 aliphatic heterocycles. The van der Waals surface area contributed by atoms with E-state index in [0.29, 0.717) is 13.2 Å². The maximum atomic E-state index is 7.70. The van der Waals surface area contributed by atoms with E-state index >= 15 is 0 Å². The van der Waals surface area contributed by atoms with Crippen LogP contribution in [0.3, 0.4) is 0 Å². The summed E-state index contributed by atoms with van der Waals surface area (Å²) in [4.78, 5) is 0. The minimum absolute atomic E-state index is 0.137. The quantitative estimate of drug-likeness (QED) is 0.0469. The highest BCUT2D eigenvalue weighted by Gasteiger charge is 2.55. The third kappa shape index (κ3) is 16.7. The van der Waals surface area contributed by atoms with Crippen LogP contribution >= 0.6 is 0 Å². The van der Waals surface area contributed by atoms with Crippen LogP contribution < -0.4 is 0 Å². The average Bonchev–Trinajstić information content (AvgIpc) is 3.58. The standard InChI is InChI=1S/C68H70O11/c1-9-25-51(26-10-1)41-69-49-59-61(71-43-53-29-13-3-14-30-53)63(73-45-55-33-17-5-18-34-55)65(74-46-56-35-19-6-20-36-56)68(78-59)79-64-62(72-44-54-31-15-4-16-32-54)60(50-70-42-52-27-11-2-12-28-52)77-67(76-48-58-39-23-8-24-40-58)66(64)75-47-57-37-21-7-22-38-57/h1-40,59-68H,41-50H2/t59-,60-,61-,62+,63+,64+,65+,66-,67-,68+/m1/s1. The fourth-order valence-corrected chi connectivity index (χ4v) is 9.84. The lowest BCUT2D eigenvalue weighted by Gasteiger charge is -2.50. The summed E-state index contributed by atoms with van der Waals surface area (Å²) in [5.74, 6) is 0. The van der Waals surface area contributed by atoms with Crippen LogP contribution in [0.5, 0.6) is 0 Å². The van der Waals surface area contributed by atoms with E-state index in [0.717, 1.165) is 44.5 Å². The molecule has 8 aromatic carbocycles. The molecular formula is C68H70O11. The van der Waals surface area contributed by atoms with Gasteiger partial charge in [0.2, 0.25) is 0 Å². The minimum atomic E-state index is -1.12. The van der Waals surface area contributed by atoms with Gasteiger partial charge in [-0.25, -0.2) is 0 Å². The molecule has 408 valence electrons. The maximum Gasteiger partial charge on any atom is 0.187 e. The molecule has 0 aliphatic carbocycles. The van der Waals surface area contributed by atoms with E-state index in [9.17, 15) is 0 Å². The van der Waals surface area contributed by atoms with Gasteiger partial charge in [-0.2, -0.15) is 0 Å². The van der Waals surface area contributed by atoms with Gasteiger partial charge in [-0.15, -0.1) is 0 Å². The molecule has 10 atom stereocenters. The Morgan fingerprint density at radius 1 is 0.228 bits per heavy atom. The van der Waals surface area contributed by atoms with Gasteiger partial charge in [0.1, 0.15) is 48.8 Å². The van der Waals surface area contributed by atoms with Crippen LogP contribution in [-0.4, -0.2) is 74.6 Å². The predicted octanol–water partition coefficient (Wildman–Crippen LogP) is 12.4. The Hall–Kier alpha value is -6.68. The summed E-state index contributed by atoms with van der Waals surface area (Å²) in [6.45, 7) is 2.40. The smallest absolute Gasteiger partial charge is 0.187 e. The van der Waals surface area contributed by atoms with Gasteiger partial charge in [0.25, 0.3) is 0 Å². The van der Waals surface area contributed by atoms with E-state index in [1.165, 1.54) is 0 Å². The minimum Gasteiger partial charge on any atom is -0.374 e. The van der Waals surface area contributed by atoms with Crippen LogP contribution in [0.2, 0.25) is 0 Å². The molecule has 0 unspecified atom stereocenters. The molecular weight excluding hydrogens is 993 g/mol. The molecule has 79 heavy (non-hydrogen) atoms. The lowest BCUT2D eigenvalue weighted by atomic mass is 9.95. The fourth-order valence-electron chi connectivity index (χ4n) is 9.84. The summed E-state index contributed by atoms with van der Waals surface area (Å²) in [5.41, 5.74) is 7.88. The molecule has 0 bridgehead atoms. The van der Waals surface area contributed by atoms with Crippen molar-refractivity contribution >= 4 is 0 Å². The largest absolute Gasteiger partial charge is 0.374 e. The van der Waals surface area contributed by atoms with Crippen molar-refractivity contribution in [3.63, 3.8) is 0 Å². The Morgan fingerprint density at radius 2 is 0.468 bits per heavy atom. The maximum absolute atomic E-state index is 7.70. The van der Waals surface area contributed by atoms with Gasteiger partial charge in [0.05, 0.1) is 66.1 Å². The van der Waals surface area contributed by atoms with Crippen molar-refractivity contribution in [2.24, 2.45) is 0 Å². The first-order valence-corrected chi connectivity index (χ1v) is 27.3. The third-order valence-corrected chi connectivity index (χ3v) is 13.9. The molecule has 2 heterocycles. The summed E-state index contributed by atoms with van der Waals surface area (Å²) in [7, 11) is 0. The van der Waals surface area contributed by atoms with Gasteiger partial charge >= 0.3 is 0 Å². The van der Waals surface area contributed by atoms with Crippen molar-refractivity contribution in [3.05, 3.63) is 287 Å². The highest BCUT2D eigenvalue weighted by Crippen LogP contribution is 2.37. The molecule has 0 spiro atoms. The number of hydrogen-bond donors (Lipinski definition) is 0. The second-order valence-corrected chi connectivity index (χ2v) is 19.8. The number of benzene rings is 8. The topological polar surface area (TPSA) is 102 Å². The molecule has 0 amide bonds. The molecule has 11 nitrogen and oxygen atoms in total. The Kier molecular flexibility index (Phi) is 21.2. The Labute approximate surface area is 464 Å². The summed E-state index contributed by atoms with van der Waals surface area (Å²) in [6.07, 6.45) is -8.53. The van der Waals surface area contributed by atoms with Crippen LogP contribution in [0.15, 0.2) is 243 Å². The predicted molar refractivity (Wildman–Crippen MR) is 301 cm³/mol. The van der Waals surface area contributed by atoms with E-state index in [1.54, 1.807) is 0 Å². The van der Waals surface area contributed by atoms with Gasteiger partial charge in [-0.1, -0.05) is 243 Å². The van der Waals surface area contributed by atoms with Crippen LogP contribution in [-0.2, 0) is 105 Å². The molecule has 8 aromatic rings. The number of ether oxygens (including phenoxy) is 11. The van der Waals surface area contributed by atoms with Crippen molar-refractivity contribution in [3.8, 4) is 0 Å². The highest BCUT2D eigenvalue weighted by molar-refractivity contribution is 5.20. The zero-order valence-corrected chi connectivity index (χ0v) is 44.4. The van der Waals surface area contributed by atoms with Crippen molar-refractivity contribution in [1.29, 1.82) is 0 Å². The second-order valence-electron chi connectivity index (χ2n) is 19.8. The molecule has 0 aromatic heterocycles. The van der Waals surface area contributed by atoms with Crippen LogP contribution in [0.25, 0.3) is 0 Å². The van der Waals surface area contributed by atoms with Gasteiger partial charge in [-0.3, -0.25) is 0 Å². The molecule has 0 N–H and O–H groups in total. The van der Waals surface area contributed by atoms with Gasteiger partial charge < -0.3 is 52.1 Å². The first-order chi connectivity index (χ1) is 39.2. The van der Waals surface area contributed by atoms with E-state index in [2.05, 4.69) is 0 Å². The molecule has 2 aliphatic rings. The van der Waals surface area contributed by atoms with Crippen molar-refractivity contribution < 1.29 is 52.1 Å². The van der Waals surface area contributed by atoms with E-state index in [4.69, 9.17) is 52.1 Å². The summed E-state index contributed by atoms with van der Waals surface area (Å²) >= 11 is 0. The molecule has 11 heteroatoms. The summed E-state index contributed by atoms with van der Waals surface area (Å²) in [5, 5.41) is 0. The lowest BCUT2D eigenvalue weighted by Crippen LogP contribution is -2.66. The van der Waals surface area contributed by atoms with E-state index < -0.39 is 61.4 Å². The Bertz CT molecular complexity index is 2890. The Morgan fingerprint density at radius 3 is 0.797 bits per heavy atom. The van der Waals surface area contributed by atoms with Crippen molar-refractivity contribution in [2.75, 3.05) is 13.2 Å². The average molecular weight is 1060 g/mol. The highest BCUT2D eigenvalue weighted by atomic mass is 16.8. The van der Waals surface area contributed by atoms with Crippen LogP contribution in [0, 0.1) is 0 Å². The van der Waals surface area contributed by atoms with Crippen molar-refractivity contribution in [2.45, 2.75) is 114 Å². The van der Waals surface area contributed by atoms with Gasteiger partial charge in [-0.05, 0) is 44.5 Å². The molecule has 2 fully saturated rings. The molecule has 10 rings (SSSR count). The zero-order valence-electron chi connectivity index (χ0n) is 44.4. The molecule has 2 saturated heterocycles. The monoisotopic (exact) mass is 1060 g/mol. The van der Waals surface area contributed by atoms with Crippen LogP contribution in [0.4, 0.5) is 0 Å². The van der Waals surface area contributed by atoms with E-state index in [-0.39, 0.29) is 52.9 Å². The third-order valence-electron chi connectivity index (χ3n) is 13.9. The van der Waals surface area contributed by atoms with Crippen molar-refractivity contribution in [1.82, 2.24) is 0 Å². The summed E-state index contributed by atoms with van der Waals surface area (Å²) < 4.78 is 77.8. The molecule has 0 saturated carbocycles. The fraction of sp³-hybridized carbons (Fsp3) is 0.294. The first-order valence-electron chi connectivity index (χ1n) is 27.3. The first kappa shape index (κ1) is 55.6. The summed E-state index contributed by atoms with van der Waals surface area (Å²) in [6, 6.07) is 80.6. The number of hydrogen-bond acceptors (Lipinski definition) is 11. The van der Waals surface area contributed by atoms with Gasteiger partial charge in [0.15, 0.2) is 12.6 Å². The lowest BCUT2D eigenvalue weighted by molar-refractivity contribution is -0.380. The van der Waals surface area contributed by atoms with Gasteiger partial charge in [0, 0.05) is 0 Å². The normalized spacial score (nSPS) is 23.0.